The monoisotopic (exact) mass is 356 g/mol. The molecule has 1 aliphatic heterocycles. The van der Waals surface area contributed by atoms with E-state index >= 15 is 0 Å². The Morgan fingerprint density at radius 2 is 1.54 bits per heavy atom. The minimum atomic E-state index is -1.60. The number of fused-ring (bicyclic) bond motifs is 2. The SMILES string of the molecule is O=C1C[C@@H](O)C2(Oc3cccc4cccc(c34)O2)[C@H]2[C@H]1[C@@H](O)CC[C@H]2O. The van der Waals surface area contributed by atoms with E-state index in [1.807, 2.05) is 24.3 Å². The molecule has 0 radical (unpaired) electrons. The Labute approximate surface area is 150 Å². The summed E-state index contributed by atoms with van der Waals surface area (Å²) >= 11 is 0. The van der Waals surface area contributed by atoms with Gasteiger partial charge in [-0.2, -0.15) is 0 Å². The van der Waals surface area contributed by atoms with Gasteiger partial charge in [0.2, 0.25) is 0 Å². The zero-order valence-corrected chi connectivity index (χ0v) is 14.0. The van der Waals surface area contributed by atoms with E-state index in [2.05, 4.69) is 0 Å². The smallest absolute Gasteiger partial charge is 0.283 e. The fourth-order valence-corrected chi connectivity index (χ4v) is 4.88. The fraction of sp³-hybridized carbons (Fsp3) is 0.450. The standard InChI is InChI=1S/C20H20O6/c21-11-7-8-12(22)19-18(11)13(23)9-16(24)20(19)25-14-5-1-3-10-4-2-6-15(26-20)17(10)14/h1-6,11-12,16,18-19,21-22,24H,7-9H2/t11-,12+,16+,18-,19+/m0/s1. The number of hydrogen-bond acceptors (Lipinski definition) is 6. The summed E-state index contributed by atoms with van der Waals surface area (Å²) in [7, 11) is 0. The molecule has 0 amide bonds. The van der Waals surface area contributed by atoms with E-state index in [1.165, 1.54) is 0 Å². The number of carbonyl (C=O) groups is 1. The predicted octanol–water partition coefficient (Wildman–Crippen LogP) is 1.39. The van der Waals surface area contributed by atoms with Crippen molar-refractivity contribution < 1.29 is 29.6 Å². The number of carbonyl (C=O) groups excluding carboxylic acids is 1. The molecule has 5 atom stereocenters. The van der Waals surface area contributed by atoms with Gasteiger partial charge in [-0.05, 0) is 30.4 Å². The molecule has 2 saturated carbocycles. The van der Waals surface area contributed by atoms with Crippen molar-refractivity contribution in [2.75, 3.05) is 0 Å². The first-order valence-electron chi connectivity index (χ1n) is 8.98. The predicted molar refractivity (Wildman–Crippen MR) is 91.8 cm³/mol. The highest BCUT2D eigenvalue weighted by Crippen LogP contribution is 2.52. The van der Waals surface area contributed by atoms with E-state index in [9.17, 15) is 20.1 Å². The van der Waals surface area contributed by atoms with E-state index < -0.39 is 35.9 Å². The van der Waals surface area contributed by atoms with E-state index in [-0.39, 0.29) is 12.2 Å². The first-order chi connectivity index (χ1) is 12.5. The number of aliphatic hydroxyl groups excluding tert-OH is 3. The number of ether oxygens (including phenoxy) is 2. The molecule has 1 heterocycles. The average Bonchev–Trinajstić information content (AvgIpc) is 2.62. The summed E-state index contributed by atoms with van der Waals surface area (Å²) in [5, 5.41) is 33.7. The van der Waals surface area contributed by atoms with Gasteiger partial charge in [-0.15, -0.1) is 0 Å². The van der Waals surface area contributed by atoms with Crippen LogP contribution in [-0.4, -0.2) is 45.2 Å². The molecule has 0 saturated heterocycles. The number of hydrogen-bond donors (Lipinski definition) is 3. The Bertz CT molecular complexity index is 852. The summed E-state index contributed by atoms with van der Waals surface area (Å²) in [4.78, 5) is 12.5. The fourth-order valence-electron chi connectivity index (χ4n) is 4.88. The van der Waals surface area contributed by atoms with Crippen LogP contribution >= 0.6 is 0 Å². The van der Waals surface area contributed by atoms with Gasteiger partial charge in [0.05, 0.1) is 29.4 Å². The molecule has 0 aromatic heterocycles. The molecule has 1 spiro atoms. The largest absolute Gasteiger partial charge is 0.449 e. The normalized spacial score (nSPS) is 34.9. The third kappa shape index (κ3) is 2.00. The second kappa shape index (κ2) is 5.42. The van der Waals surface area contributed by atoms with E-state index in [0.29, 0.717) is 24.3 Å². The molecule has 0 unspecified atom stereocenters. The van der Waals surface area contributed by atoms with Crippen LogP contribution in [0.15, 0.2) is 36.4 Å². The van der Waals surface area contributed by atoms with Crippen molar-refractivity contribution in [3.05, 3.63) is 36.4 Å². The highest BCUT2D eigenvalue weighted by atomic mass is 16.7. The molecule has 2 aliphatic carbocycles. The Kier molecular flexibility index (Phi) is 3.35. The highest BCUT2D eigenvalue weighted by Gasteiger charge is 2.65. The van der Waals surface area contributed by atoms with Crippen LogP contribution in [-0.2, 0) is 4.79 Å². The third-order valence-electron chi connectivity index (χ3n) is 6.04. The molecule has 5 rings (SSSR count). The second-order valence-corrected chi connectivity index (χ2v) is 7.49. The minimum Gasteiger partial charge on any atom is -0.449 e. The van der Waals surface area contributed by atoms with Gasteiger partial charge >= 0.3 is 0 Å². The number of benzene rings is 2. The van der Waals surface area contributed by atoms with Gasteiger partial charge in [0.25, 0.3) is 5.79 Å². The Balaban J connectivity index is 1.69. The first kappa shape index (κ1) is 16.1. The maximum atomic E-state index is 12.5. The summed E-state index contributed by atoms with van der Waals surface area (Å²) in [6.45, 7) is 0. The molecule has 6 nitrogen and oxygen atoms in total. The molecule has 2 aromatic carbocycles. The zero-order chi connectivity index (χ0) is 18.1. The minimum absolute atomic E-state index is 0.177. The number of Topliss-reactive ketones (excluding diaryl/α,β-unsaturated/α-hetero) is 1. The van der Waals surface area contributed by atoms with Crippen molar-refractivity contribution in [3.8, 4) is 11.5 Å². The van der Waals surface area contributed by atoms with Crippen molar-refractivity contribution in [3.63, 3.8) is 0 Å². The molecular weight excluding hydrogens is 336 g/mol. The molecule has 2 fully saturated rings. The summed E-state index contributed by atoms with van der Waals surface area (Å²) in [5.41, 5.74) is 0. The van der Waals surface area contributed by atoms with Crippen LogP contribution in [0.4, 0.5) is 0 Å². The van der Waals surface area contributed by atoms with Gasteiger partial charge in [0, 0.05) is 6.42 Å². The number of ketones is 1. The van der Waals surface area contributed by atoms with Crippen LogP contribution in [0.5, 0.6) is 11.5 Å². The van der Waals surface area contributed by atoms with Crippen molar-refractivity contribution in [1.29, 1.82) is 0 Å². The topological polar surface area (TPSA) is 96.2 Å². The van der Waals surface area contributed by atoms with Crippen molar-refractivity contribution in [2.24, 2.45) is 11.8 Å². The Morgan fingerprint density at radius 3 is 2.19 bits per heavy atom. The molecular formula is C20H20O6. The first-order valence-corrected chi connectivity index (χ1v) is 8.98. The Morgan fingerprint density at radius 1 is 0.923 bits per heavy atom. The lowest BCUT2D eigenvalue weighted by molar-refractivity contribution is -0.275. The van der Waals surface area contributed by atoms with Crippen LogP contribution in [0.3, 0.4) is 0 Å². The van der Waals surface area contributed by atoms with Crippen molar-refractivity contribution >= 4 is 16.6 Å². The summed E-state index contributed by atoms with van der Waals surface area (Å²) < 4.78 is 12.4. The van der Waals surface area contributed by atoms with Crippen molar-refractivity contribution in [2.45, 2.75) is 43.4 Å². The molecule has 3 N–H and O–H groups in total. The summed E-state index contributed by atoms with van der Waals surface area (Å²) in [5.74, 6) is -2.42. The van der Waals surface area contributed by atoms with Crippen LogP contribution in [0, 0.1) is 11.8 Å². The number of aliphatic hydroxyl groups is 3. The van der Waals surface area contributed by atoms with Crippen LogP contribution < -0.4 is 9.47 Å². The van der Waals surface area contributed by atoms with Gasteiger partial charge in [-0.1, -0.05) is 24.3 Å². The second-order valence-electron chi connectivity index (χ2n) is 7.49. The lowest BCUT2D eigenvalue weighted by Gasteiger charge is -2.54. The van der Waals surface area contributed by atoms with Crippen molar-refractivity contribution in [1.82, 2.24) is 0 Å². The highest BCUT2D eigenvalue weighted by molar-refractivity contribution is 5.94. The van der Waals surface area contributed by atoms with Gasteiger partial charge < -0.3 is 24.8 Å². The van der Waals surface area contributed by atoms with E-state index in [4.69, 9.17) is 9.47 Å². The molecule has 0 bridgehead atoms. The molecule has 26 heavy (non-hydrogen) atoms. The third-order valence-corrected chi connectivity index (χ3v) is 6.04. The lowest BCUT2D eigenvalue weighted by Crippen LogP contribution is -2.70. The summed E-state index contributed by atoms with van der Waals surface area (Å²) in [6.07, 6.45) is -2.54. The van der Waals surface area contributed by atoms with Crippen LogP contribution in [0.1, 0.15) is 19.3 Å². The van der Waals surface area contributed by atoms with Gasteiger partial charge in [-0.3, -0.25) is 4.79 Å². The maximum absolute atomic E-state index is 12.5. The quantitative estimate of drug-likeness (QED) is 0.660. The molecule has 3 aliphatic rings. The average molecular weight is 356 g/mol. The van der Waals surface area contributed by atoms with Crippen LogP contribution in [0.25, 0.3) is 10.8 Å². The zero-order valence-electron chi connectivity index (χ0n) is 14.0. The van der Waals surface area contributed by atoms with Gasteiger partial charge in [0.15, 0.2) is 0 Å². The molecule has 136 valence electrons. The Hall–Kier alpha value is -2.15. The van der Waals surface area contributed by atoms with E-state index in [0.717, 1.165) is 10.8 Å². The van der Waals surface area contributed by atoms with Crippen LogP contribution in [0.2, 0.25) is 0 Å². The summed E-state index contributed by atoms with van der Waals surface area (Å²) in [6, 6.07) is 11.2. The lowest BCUT2D eigenvalue weighted by atomic mass is 9.63. The van der Waals surface area contributed by atoms with E-state index in [1.54, 1.807) is 12.1 Å². The maximum Gasteiger partial charge on any atom is 0.283 e. The molecule has 2 aromatic rings. The van der Waals surface area contributed by atoms with Gasteiger partial charge in [0.1, 0.15) is 23.4 Å². The molecule has 6 heteroatoms. The number of rotatable bonds is 0. The van der Waals surface area contributed by atoms with Gasteiger partial charge in [-0.25, -0.2) is 0 Å².